The maximum atomic E-state index is 12.8. The Balaban J connectivity index is 1.56. The van der Waals surface area contributed by atoms with Crippen molar-refractivity contribution in [2.45, 2.75) is 32.4 Å². The molecule has 3 amide bonds. The second kappa shape index (κ2) is 11.6. The van der Waals surface area contributed by atoms with Gasteiger partial charge in [0, 0.05) is 55.4 Å². The molecule has 0 aromatic heterocycles. The molecule has 188 valence electrons. The number of rotatable bonds is 8. The van der Waals surface area contributed by atoms with E-state index < -0.39 is 6.23 Å². The second-order valence-electron chi connectivity index (χ2n) is 9.15. The molecule has 1 saturated heterocycles. The number of hydrogen-bond donors (Lipinski definition) is 4. The maximum Gasteiger partial charge on any atom is 0.317 e. The highest BCUT2D eigenvalue weighted by molar-refractivity contribution is 6.30. The molecule has 9 heteroatoms. The van der Waals surface area contributed by atoms with Crippen LogP contribution in [0.15, 0.2) is 42.5 Å². The molecule has 1 atom stereocenters. The van der Waals surface area contributed by atoms with Crippen LogP contribution in [0.2, 0.25) is 5.02 Å². The van der Waals surface area contributed by atoms with Crippen molar-refractivity contribution >= 4 is 34.9 Å². The van der Waals surface area contributed by atoms with Gasteiger partial charge < -0.3 is 30.9 Å². The van der Waals surface area contributed by atoms with Crippen LogP contribution >= 0.6 is 11.6 Å². The van der Waals surface area contributed by atoms with E-state index in [1.54, 1.807) is 30.3 Å². The lowest BCUT2D eigenvalue weighted by molar-refractivity contribution is 0.0951. The standard InChI is InChI=1S/C26H34ClN5O3/c1-2-28-26(35)32-12-4-11-31(13-14-32)23-10-9-20(24(33)29-17-18-7-8-18)16-22(23)30-25(34)19-5-3-6-21(27)15-19/h3,5-6,9-10,15-16,18,25,30,34H,2,4,7-8,11-14,17H2,1H3,(H,28,35)(H,29,33). The first-order valence-corrected chi connectivity index (χ1v) is 12.7. The van der Waals surface area contributed by atoms with Crippen LogP contribution in [0.25, 0.3) is 0 Å². The third-order valence-corrected chi connectivity index (χ3v) is 6.65. The number of amides is 3. The van der Waals surface area contributed by atoms with Gasteiger partial charge in [0.2, 0.25) is 0 Å². The van der Waals surface area contributed by atoms with Gasteiger partial charge in [-0.2, -0.15) is 0 Å². The van der Waals surface area contributed by atoms with Crippen molar-refractivity contribution in [1.29, 1.82) is 0 Å². The molecule has 0 spiro atoms. The Morgan fingerprint density at radius 3 is 2.66 bits per heavy atom. The average molecular weight is 500 g/mol. The molecule has 1 saturated carbocycles. The normalized spacial score (nSPS) is 16.9. The van der Waals surface area contributed by atoms with Crippen molar-refractivity contribution in [2.24, 2.45) is 5.92 Å². The molecule has 4 N–H and O–H groups in total. The van der Waals surface area contributed by atoms with E-state index in [-0.39, 0.29) is 11.9 Å². The number of nitrogens with one attached hydrogen (secondary N) is 3. The lowest BCUT2D eigenvalue weighted by Gasteiger charge is -2.28. The molecule has 2 fully saturated rings. The summed E-state index contributed by atoms with van der Waals surface area (Å²) >= 11 is 6.12. The lowest BCUT2D eigenvalue weighted by Crippen LogP contribution is -2.42. The molecule has 4 rings (SSSR count). The Bertz CT molecular complexity index is 1050. The fraction of sp³-hybridized carbons (Fsp3) is 0.462. The van der Waals surface area contributed by atoms with Crippen molar-refractivity contribution in [3.05, 3.63) is 58.6 Å². The second-order valence-corrected chi connectivity index (χ2v) is 9.59. The molecular formula is C26H34ClN5O3. The van der Waals surface area contributed by atoms with Crippen LogP contribution in [-0.4, -0.2) is 61.2 Å². The van der Waals surface area contributed by atoms with Gasteiger partial charge in [-0.25, -0.2) is 4.79 Å². The number of aliphatic hydroxyl groups excluding tert-OH is 1. The smallest absolute Gasteiger partial charge is 0.317 e. The summed E-state index contributed by atoms with van der Waals surface area (Å²) in [6.45, 7) is 5.86. The van der Waals surface area contributed by atoms with Gasteiger partial charge in [-0.15, -0.1) is 0 Å². The maximum absolute atomic E-state index is 12.8. The quantitative estimate of drug-likeness (QED) is 0.414. The van der Waals surface area contributed by atoms with Crippen molar-refractivity contribution in [2.75, 3.05) is 49.5 Å². The van der Waals surface area contributed by atoms with Crippen molar-refractivity contribution < 1.29 is 14.7 Å². The molecule has 1 aliphatic heterocycles. The van der Waals surface area contributed by atoms with E-state index in [1.807, 2.05) is 24.0 Å². The Morgan fingerprint density at radius 1 is 1.09 bits per heavy atom. The van der Waals surface area contributed by atoms with Crippen molar-refractivity contribution in [3.63, 3.8) is 0 Å². The first-order valence-electron chi connectivity index (χ1n) is 12.3. The fourth-order valence-corrected chi connectivity index (χ4v) is 4.46. The number of carbonyl (C=O) groups is 2. The van der Waals surface area contributed by atoms with Gasteiger partial charge in [-0.1, -0.05) is 23.7 Å². The van der Waals surface area contributed by atoms with Crippen molar-refractivity contribution in [1.82, 2.24) is 15.5 Å². The van der Waals surface area contributed by atoms with Crippen LogP contribution in [-0.2, 0) is 0 Å². The van der Waals surface area contributed by atoms with Gasteiger partial charge in [-0.05, 0) is 62.4 Å². The zero-order valence-corrected chi connectivity index (χ0v) is 20.9. The van der Waals surface area contributed by atoms with Gasteiger partial charge >= 0.3 is 6.03 Å². The molecule has 1 aliphatic carbocycles. The van der Waals surface area contributed by atoms with Crippen LogP contribution in [0.3, 0.4) is 0 Å². The van der Waals surface area contributed by atoms with Gasteiger partial charge in [-0.3, -0.25) is 4.79 Å². The summed E-state index contributed by atoms with van der Waals surface area (Å²) in [5.74, 6) is 0.465. The van der Waals surface area contributed by atoms with E-state index >= 15 is 0 Å². The van der Waals surface area contributed by atoms with E-state index in [9.17, 15) is 14.7 Å². The first-order chi connectivity index (χ1) is 16.9. The molecule has 2 aliphatic rings. The van der Waals surface area contributed by atoms with Crippen LogP contribution < -0.4 is 20.9 Å². The highest BCUT2D eigenvalue weighted by Crippen LogP contribution is 2.32. The topological polar surface area (TPSA) is 96.9 Å². The molecule has 0 bridgehead atoms. The Kier molecular flexibility index (Phi) is 8.36. The van der Waals surface area contributed by atoms with Gasteiger partial charge in [0.15, 0.2) is 6.23 Å². The molecule has 35 heavy (non-hydrogen) atoms. The zero-order valence-electron chi connectivity index (χ0n) is 20.1. The van der Waals surface area contributed by atoms with Crippen LogP contribution in [0.5, 0.6) is 0 Å². The number of nitrogens with zero attached hydrogens (tertiary/aromatic N) is 2. The Hall–Kier alpha value is -2.97. The summed E-state index contributed by atoms with van der Waals surface area (Å²) in [5.41, 5.74) is 2.70. The van der Waals surface area contributed by atoms with E-state index in [4.69, 9.17) is 11.6 Å². The van der Waals surface area contributed by atoms with Gasteiger partial charge in [0.05, 0.1) is 11.4 Å². The minimum Gasteiger partial charge on any atom is -0.369 e. The fourth-order valence-electron chi connectivity index (χ4n) is 4.26. The van der Waals surface area contributed by atoms with E-state index in [2.05, 4.69) is 20.9 Å². The molecular weight excluding hydrogens is 466 g/mol. The largest absolute Gasteiger partial charge is 0.369 e. The lowest BCUT2D eigenvalue weighted by atomic mass is 10.1. The summed E-state index contributed by atoms with van der Waals surface area (Å²) in [6.07, 6.45) is 2.15. The van der Waals surface area contributed by atoms with E-state index in [0.717, 1.165) is 18.7 Å². The third kappa shape index (κ3) is 6.80. The molecule has 1 heterocycles. The predicted molar refractivity (Wildman–Crippen MR) is 139 cm³/mol. The highest BCUT2D eigenvalue weighted by atomic mass is 35.5. The zero-order chi connectivity index (χ0) is 24.8. The number of aliphatic hydroxyl groups is 1. The van der Waals surface area contributed by atoms with Gasteiger partial charge in [0.1, 0.15) is 0 Å². The number of carbonyl (C=O) groups excluding carboxylic acids is 2. The highest BCUT2D eigenvalue weighted by Gasteiger charge is 2.24. The summed E-state index contributed by atoms with van der Waals surface area (Å²) in [6, 6.07) is 12.5. The molecule has 2 aromatic carbocycles. The molecule has 8 nitrogen and oxygen atoms in total. The summed E-state index contributed by atoms with van der Waals surface area (Å²) in [5, 5.41) is 20.5. The van der Waals surface area contributed by atoms with Crippen LogP contribution in [0.1, 0.15) is 48.3 Å². The van der Waals surface area contributed by atoms with Gasteiger partial charge in [0.25, 0.3) is 5.91 Å². The monoisotopic (exact) mass is 499 g/mol. The van der Waals surface area contributed by atoms with Crippen LogP contribution in [0.4, 0.5) is 16.2 Å². The van der Waals surface area contributed by atoms with Crippen LogP contribution in [0, 0.1) is 5.92 Å². The number of hydrogen-bond acceptors (Lipinski definition) is 5. The average Bonchev–Trinajstić information content (AvgIpc) is 3.69. The predicted octanol–water partition coefficient (Wildman–Crippen LogP) is 3.82. The SMILES string of the molecule is CCNC(=O)N1CCCN(c2ccc(C(=O)NCC3CC3)cc2NC(O)c2cccc(Cl)c2)CC1. The summed E-state index contributed by atoms with van der Waals surface area (Å²) < 4.78 is 0. The van der Waals surface area contributed by atoms with E-state index in [0.29, 0.717) is 60.5 Å². The number of anilines is 2. The number of urea groups is 1. The number of halogens is 1. The minimum absolute atomic E-state index is 0.0493. The Morgan fingerprint density at radius 2 is 1.91 bits per heavy atom. The molecule has 1 unspecified atom stereocenters. The van der Waals surface area contributed by atoms with E-state index in [1.165, 1.54) is 12.8 Å². The molecule has 2 aromatic rings. The molecule has 0 radical (unpaired) electrons. The Labute approximate surface area is 211 Å². The summed E-state index contributed by atoms with van der Waals surface area (Å²) in [7, 11) is 0. The third-order valence-electron chi connectivity index (χ3n) is 6.42. The van der Waals surface area contributed by atoms with Crippen molar-refractivity contribution in [3.8, 4) is 0 Å². The minimum atomic E-state index is -1.00. The number of benzene rings is 2. The summed E-state index contributed by atoms with van der Waals surface area (Å²) in [4.78, 5) is 29.1. The first kappa shape index (κ1) is 25.1.